The van der Waals surface area contributed by atoms with Crippen LogP contribution in [0, 0.1) is 0 Å². The Bertz CT molecular complexity index is 358. The molecule has 0 saturated carbocycles. The molecule has 1 heterocycles. The Kier molecular flexibility index (Phi) is 2.98. The molecule has 2 nitrogen and oxygen atoms in total. The summed E-state index contributed by atoms with van der Waals surface area (Å²) in [7, 11) is 0. The van der Waals surface area contributed by atoms with Gasteiger partial charge in [-0.25, -0.2) is 4.39 Å². The maximum atomic E-state index is 12.7. The molecule has 15 heavy (non-hydrogen) atoms. The molecule has 82 valence electrons. The monoisotopic (exact) mass is 272 g/mol. The van der Waals surface area contributed by atoms with E-state index in [9.17, 15) is 4.39 Å². The maximum absolute atomic E-state index is 12.7. The van der Waals surface area contributed by atoms with Gasteiger partial charge in [0.15, 0.2) is 0 Å². The van der Waals surface area contributed by atoms with Crippen molar-refractivity contribution in [2.75, 3.05) is 24.7 Å². The average molecular weight is 273 g/mol. The first-order chi connectivity index (χ1) is 7.13. The summed E-state index contributed by atoms with van der Waals surface area (Å²) in [5.74, 6) is 0. The van der Waals surface area contributed by atoms with E-state index in [1.165, 1.54) is 0 Å². The molecular formula is C11H14BrFN2. The molecule has 1 aliphatic rings. The van der Waals surface area contributed by atoms with Gasteiger partial charge in [-0.3, -0.25) is 0 Å². The highest BCUT2D eigenvalue weighted by atomic mass is 79.9. The number of benzene rings is 1. The third-order valence-corrected chi connectivity index (χ3v) is 3.32. The van der Waals surface area contributed by atoms with Crippen LogP contribution in [-0.4, -0.2) is 25.3 Å². The first-order valence-corrected chi connectivity index (χ1v) is 5.78. The molecule has 1 aliphatic heterocycles. The highest BCUT2D eigenvalue weighted by Gasteiger charge is 2.34. The zero-order chi connectivity index (χ0) is 10.9. The van der Waals surface area contributed by atoms with Crippen molar-refractivity contribution in [2.24, 2.45) is 5.73 Å². The molecule has 1 unspecified atom stereocenters. The summed E-state index contributed by atoms with van der Waals surface area (Å²) >= 11 is 3.42. The second-order valence-electron chi connectivity index (χ2n) is 4.15. The van der Waals surface area contributed by atoms with E-state index < -0.39 is 12.2 Å². The second-order valence-corrected chi connectivity index (χ2v) is 5.06. The minimum absolute atomic E-state index is 0.447. The van der Waals surface area contributed by atoms with Gasteiger partial charge < -0.3 is 10.6 Å². The van der Waals surface area contributed by atoms with Crippen molar-refractivity contribution < 1.29 is 4.39 Å². The smallest absolute Gasteiger partial charge is 0.109 e. The van der Waals surface area contributed by atoms with Crippen LogP contribution in [0.5, 0.6) is 0 Å². The van der Waals surface area contributed by atoms with Gasteiger partial charge in [-0.05, 0) is 24.6 Å². The van der Waals surface area contributed by atoms with Gasteiger partial charge in [0.2, 0.25) is 0 Å². The molecule has 1 saturated heterocycles. The highest BCUT2D eigenvalue weighted by molar-refractivity contribution is 9.10. The lowest BCUT2D eigenvalue weighted by atomic mass is 10.0. The standard InChI is InChI=1S/C11H14BrFN2/c12-9-2-1-3-10(6-9)15-5-4-11(14,7-13)8-15/h1-3,6H,4-5,7-8,14H2. The van der Waals surface area contributed by atoms with Crippen molar-refractivity contribution in [3.05, 3.63) is 28.7 Å². The van der Waals surface area contributed by atoms with Crippen LogP contribution in [-0.2, 0) is 0 Å². The molecule has 0 aromatic heterocycles. The van der Waals surface area contributed by atoms with Gasteiger partial charge in [0.1, 0.15) is 6.67 Å². The molecule has 0 spiro atoms. The van der Waals surface area contributed by atoms with Crippen LogP contribution in [0.15, 0.2) is 28.7 Å². The second kappa shape index (κ2) is 4.10. The van der Waals surface area contributed by atoms with Crippen LogP contribution in [0.3, 0.4) is 0 Å². The molecule has 1 aromatic rings. The summed E-state index contributed by atoms with van der Waals surface area (Å²) in [6, 6.07) is 8.01. The normalized spacial score (nSPS) is 25.9. The molecule has 4 heteroatoms. The van der Waals surface area contributed by atoms with Crippen LogP contribution in [0.2, 0.25) is 0 Å². The summed E-state index contributed by atoms with van der Waals surface area (Å²) in [5, 5.41) is 0. The van der Waals surface area contributed by atoms with Crippen LogP contribution < -0.4 is 10.6 Å². The number of halogens is 2. The van der Waals surface area contributed by atoms with Gasteiger partial charge in [-0.1, -0.05) is 22.0 Å². The Morgan fingerprint density at radius 1 is 1.53 bits per heavy atom. The molecule has 0 radical (unpaired) electrons. The fourth-order valence-corrected chi connectivity index (χ4v) is 2.29. The number of nitrogens with zero attached hydrogens (tertiary/aromatic N) is 1. The average Bonchev–Trinajstić information content (AvgIpc) is 2.62. The Balaban J connectivity index is 2.14. The molecule has 2 N–H and O–H groups in total. The number of hydrogen-bond acceptors (Lipinski definition) is 2. The molecule has 0 aliphatic carbocycles. The van der Waals surface area contributed by atoms with E-state index in [-0.39, 0.29) is 0 Å². The SMILES string of the molecule is NC1(CF)CCN(c2cccc(Br)c2)C1. The van der Waals surface area contributed by atoms with Gasteiger partial charge in [0, 0.05) is 23.2 Å². The summed E-state index contributed by atoms with van der Waals surface area (Å²) in [6.45, 7) is 0.980. The van der Waals surface area contributed by atoms with E-state index in [4.69, 9.17) is 5.73 Å². The minimum Gasteiger partial charge on any atom is -0.369 e. The fourth-order valence-electron chi connectivity index (χ4n) is 1.90. The molecule has 1 atom stereocenters. The lowest BCUT2D eigenvalue weighted by Crippen LogP contribution is -2.44. The van der Waals surface area contributed by atoms with E-state index in [1.807, 2.05) is 24.3 Å². The lowest BCUT2D eigenvalue weighted by molar-refractivity contribution is 0.330. The fraction of sp³-hybridized carbons (Fsp3) is 0.455. The Morgan fingerprint density at radius 2 is 2.33 bits per heavy atom. The first-order valence-electron chi connectivity index (χ1n) is 4.98. The van der Waals surface area contributed by atoms with Crippen LogP contribution >= 0.6 is 15.9 Å². The Hall–Kier alpha value is -0.610. The predicted octanol–water partition coefficient (Wildman–Crippen LogP) is 2.33. The zero-order valence-electron chi connectivity index (χ0n) is 8.42. The lowest BCUT2D eigenvalue weighted by Gasteiger charge is -2.22. The van der Waals surface area contributed by atoms with Gasteiger partial charge in [0.25, 0.3) is 0 Å². The van der Waals surface area contributed by atoms with E-state index >= 15 is 0 Å². The van der Waals surface area contributed by atoms with Crippen LogP contribution in [0.1, 0.15) is 6.42 Å². The number of nitrogens with two attached hydrogens (primary N) is 1. The quantitative estimate of drug-likeness (QED) is 0.896. The molecule has 1 aromatic carbocycles. The van der Waals surface area contributed by atoms with E-state index in [1.54, 1.807) is 0 Å². The molecule has 1 fully saturated rings. The van der Waals surface area contributed by atoms with Crippen molar-refractivity contribution in [3.63, 3.8) is 0 Å². The Labute approximate surface area is 97.4 Å². The zero-order valence-corrected chi connectivity index (χ0v) is 10.0. The molecule has 0 amide bonds. The van der Waals surface area contributed by atoms with Crippen molar-refractivity contribution in [2.45, 2.75) is 12.0 Å². The number of rotatable bonds is 2. The minimum atomic E-state index is -0.650. The summed E-state index contributed by atoms with van der Waals surface area (Å²) in [6.07, 6.45) is 0.718. The van der Waals surface area contributed by atoms with E-state index in [0.29, 0.717) is 6.54 Å². The van der Waals surface area contributed by atoms with Crippen molar-refractivity contribution in [1.82, 2.24) is 0 Å². The topological polar surface area (TPSA) is 29.3 Å². The van der Waals surface area contributed by atoms with Gasteiger partial charge in [-0.2, -0.15) is 0 Å². The Morgan fingerprint density at radius 3 is 2.93 bits per heavy atom. The van der Waals surface area contributed by atoms with E-state index in [2.05, 4.69) is 20.8 Å². The van der Waals surface area contributed by atoms with Crippen molar-refractivity contribution in [3.8, 4) is 0 Å². The number of hydrogen-bond donors (Lipinski definition) is 1. The predicted molar refractivity (Wildman–Crippen MR) is 63.9 cm³/mol. The summed E-state index contributed by atoms with van der Waals surface area (Å²) in [4.78, 5) is 2.13. The number of anilines is 1. The largest absolute Gasteiger partial charge is 0.369 e. The van der Waals surface area contributed by atoms with E-state index in [0.717, 1.165) is 23.1 Å². The summed E-state index contributed by atoms with van der Waals surface area (Å²) < 4.78 is 13.7. The third kappa shape index (κ3) is 2.32. The molecule has 0 bridgehead atoms. The van der Waals surface area contributed by atoms with Crippen LogP contribution in [0.4, 0.5) is 10.1 Å². The third-order valence-electron chi connectivity index (χ3n) is 2.82. The van der Waals surface area contributed by atoms with Gasteiger partial charge in [-0.15, -0.1) is 0 Å². The molecular weight excluding hydrogens is 259 g/mol. The first kappa shape index (κ1) is 10.9. The van der Waals surface area contributed by atoms with Crippen molar-refractivity contribution >= 4 is 21.6 Å². The number of alkyl halides is 1. The highest BCUT2D eigenvalue weighted by Crippen LogP contribution is 2.27. The summed E-state index contributed by atoms with van der Waals surface area (Å²) in [5.41, 5.74) is 6.35. The molecule has 2 rings (SSSR count). The van der Waals surface area contributed by atoms with Gasteiger partial charge in [0.05, 0.1) is 5.54 Å². The van der Waals surface area contributed by atoms with Crippen molar-refractivity contribution in [1.29, 1.82) is 0 Å². The van der Waals surface area contributed by atoms with Gasteiger partial charge >= 0.3 is 0 Å². The van der Waals surface area contributed by atoms with Crippen LogP contribution in [0.25, 0.3) is 0 Å². The maximum Gasteiger partial charge on any atom is 0.109 e.